The summed E-state index contributed by atoms with van der Waals surface area (Å²) in [5.41, 5.74) is -2.22. The molecule has 1 amide bonds. The Morgan fingerprint density at radius 3 is 2.57 bits per heavy atom. The first-order chi connectivity index (χ1) is 16.9. The Labute approximate surface area is 249 Å². The topological polar surface area (TPSA) is 111 Å². The van der Waals surface area contributed by atoms with E-state index in [2.05, 4.69) is 5.32 Å². The third-order valence-electron chi connectivity index (χ3n) is 7.84. The molecule has 1 aliphatic heterocycles. The van der Waals surface area contributed by atoms with Gasteiger partial charge < -0.3 is 24.4 Å². The number of nitrogens with zero attached hydrogens (tertiary/aromatic N) is 1. The summed E-state index contributed by atoms with van der Waals surface area (Å²) in [5, 5.41) is 2.87. The smallest absolute Gasteiger partial charge is 0.466 e. The number of cyclic esters (lactones) is 1. The van der Waals surface area contributed by atoms with Crippen molar-refractivity contribution in [1.82, 2.24) is 10.2 Å². The second-order valence-electron chi connectivity index (χ2n) is 10.4. The van der Waals surface area contributed by atoms with Crippen molar-refractivity contribution in [2.24, 2.45) is 11.3 Å². The molecule has 37 heavy (non-hydrogen) atoms. The van der Waals surface area contributed by atoms with Crippen molar-refractivity contribution in [1.29, 1.82) is 0 Å². The normalized spacial score (nSPS) is 31.0. The molecule has 4 atom stereocenters. The summed E-state index contributed by atoms with van der Waals surface area (Å²) < 4.78 is 17.0. The van der Waals surface area contributed by atoms with Crippen LogP contribution < -0.4 is 5.32 Å². The van der Waals surface area contributed by atoms with Crippen LogP contribution >= 0.6 is 0 Å². The van der Waals surface area contributed by atoms with Crippen molar-refractivity contribution >= 4 is 61.6 Å². The van der Waals surface area contributed by atoms with E-state index in [0.29, 0.717) is 43.4 Å². The molecule has 1 saturated heterocycles. The number of hydrogen-bond donors (Lipinski definition) is 1. The summed E-state index contributed by atoms with van der Waals surface area (Å²) in [7, 11) is 5.19. The van der Waals surface area contributed by atoms with E-state index >= 15 is 0 Å². The fourth-order valence-corrected chi connectivity index (χ4v) is 5.99. The first-order valence-corrected chi connectivity index (χ1v) is 12.4. The van der Waals surface area contributed by atoms with Crippen LogP contribution in [0.1, 0.15) is 52.9 Å². The molecule has 198 valence electrons. The summed E-state index contributed by atoms with van der Waals surface area (Å²) in [6, 6.07) is 0. The van der Waals surface area contributed by atoms with E-state index in [1.54, 1.807) is 31.2 Å². The Morgan fingerprint density at radius 2 is 1.95 bits per heavy atom. The van der Waals surface area contributed by atoms with E-state index in [0.717, 1.165) is 6.54 Å². The second kappa shape index (κ2) is 12.5. The standard InChI is InChI=1S/C27H38N2O7.Ca/c1-18(22(31)28-16-17-29(4)5)8-7-12-25(3)21-11-14-26(24(33)36-25)13-9-20(23(32)34-6)10-15-27(21,26)35-19(2)30;/h7-9,12,21H,10-11,13-17H2,1-6H3,(H,28,31);/q;+2/b12-7+,18-8+;/t21-,25+,26+,27-;/m0./s1. The zero-order chi connectivity index (χ0) is 26.7. The Kier molecular flexibility index (Phi) is 10.6. The van der Waals surface area contributed by atoms with Gasteiger partial charge in [-0.05, 0) is 66.1 Å². The van der Waals surface area contributed by atoms with Crippen molar-refractivity contribution in [2.75, 3.05) is 34.3 Å². The SMILES string of the molecule is COC(=O)C1=CC[C@@]23CC[C@@H]([C@@](C)(/C=C/C=C(\C)C(=O)NCCN(C)C)OC2=O)[C@@]3(OC(C)=O)CC1.[Ca+2]. The summed E-state index contributed by atoms with van der Waals surface area (Å²) in [6.07, 6.45) is 8.91. The molecule has 1 saturated carbocycles. The van der Waals surface area contributed by atoms with Crippen LogP contribution in [0, 0.1) is 11.3 Å². The predicted molar refractivity (Wildman–Crippen MR) is 138 cm³/mol. The molecule has 2 bridgehead atoms. The van der Waals surface area contributed by atoms with Crippen LogP contribution in [-0.2, 0) is 33.4 Å². The summed E-state index contributed by atoms with van der Waals surface area (Å²) in [4.78, 5) is 52.5. The molecule has 3 rings (SSSR count). The number of hydrogen-bond acceptors (Lipinski definition) is 8. The monoisotopic (exact) mass is 542 g/mol. The molecule has 9 nitrogen and oxygen atoms in total. The molecule has 3 aliphatic rings. The van der Waals surface area contributed by atoms with Crippen LogP contribution in [0.2, 0.25) is 0 Å². The third-order valence-corrected chi connectivity index (χ3v) is 7.84. The largest absolute Gasteiger partial charge is 2.00 e. The summed E-state index contributed by atoms with van der Waals surface area (Å²) in [5.74, 6) is -1.84. The van der Waals surface area contributed by atoms with Gasteiger partial charge in [0.15, 0.2) is 0 Å². The average Bonchev–Trinajstić information content (AvgIpc) is 2.95. The Balaban J connectivity index is 0.00000481. The number of nitrogens with one attached hydrogen (secondary N) is 1. The molecule has 1 heterocycles. The maximum absolute atomic E-state index is 13.6. The molecule has 0 spiro atoms. The number of allylic oxidation sites excluding steroid dienone is 3. The van der Waals surface area contributed by atoms with E-state index < -0.39 is 34.5 Å². The summed E-state index contributed by atoms with van der Waals surface area (Å²) in [6.45, 7) is 6.14. The first kappa shape index (κ1) is 31.5. The number of amides is 1. The molecule has 0 radical (unpaired) electrons. The van der Waals surface area contributed by atoms with Crippen LogP contribution in [0.5, 0.6) is 0 Å². The van der Waals surface area contributed by atoms with Crippen LogP contribution in [0.15, 0.2) is 35.5 Å². The molecule has 10 heteroatoms. The van der Waals surface area contributed by atoms with Gasteiger partial charge in [-0.15, -0.1) is 0 Å². The van der Waals surface area contributed by atoms with E-state index in [1.807, 2.05) is 25.9 Å². The minimum absolute atomic E-state index is 0. The Hall–Kier alpha value is -1.68. The van der Waals surface area contributed by atoms with Crippen LogP contribution in [0.25, 0.3) is 0 Å². The van der Waals surface area contributed by atoms with Gasteiger partial charge in [0.05, 0.1) is 7.11 Å². The van der Waals surface area contributed by atoms with E-state index in [-0.39, 0.29) is 56.0 Å². The average molecular weight is 543 g/mol. The molecular formula is C27H38CaN2O7+2. The molecule has 0 aromatic rings. The van der Waals surface area contributed by atoms with Gasteiger partial charge in [-0.25, -0.2) is 4.79 Å². The number of likely N-dealkylation sites (N-methyl/N-ethyl adjacent to an activating group) is 1. The number of carbonyl (C=O) groups excluding carboxylic acids is 4. The quantitative estimate of drug-likeness (QED) is 0.163. The van der Waals surface area contributed by atoms with Crippen LogP contribution in [0.4, 0.5) is 0 Å². The zero-order valence-corrected chi connectivity index (χ0v) is 25.1. The van der Waals surface area contributed by atoms with Crippen molar-refractivity contribution in [3.63, 3.8) is 0 Å². The summed E-state index contributed by atoms with van der Waals surface area (Å²) >= 11 is 0. The molecule has 0 unspecified atom stereocenters. The minimum Gasteiger partial charge on any atom is -0.466 e. The molecule has 2 aliphatic carbocycles. The number of methoxy groups -OCH3 is 1. The first-order valence-electron chi connectivity index (χ1n) is 12.4. The molecule has 0 aromatic carbocycles. The van der Waals surface area contributed by atoms with E-state index in [1.165, 1.54) is 14.0 Å². The zero-order valence-electron chi connectivity index (χ0n) is 22.8. The van der Waals surface area contributed by atoms with E-state index in [9.17, 15) is 19.2 Å². The Morgan fingerprint density at radius 1 is 1.24 bits per heavy atom. The molecule has 0 aromatic heterocycles. The van der Waals surface area contributed by atoms with Crippen molar-refractivity contribution in [3.05, 3.63) is 35.5 Å². The van der Waals surface area contributed by atoms with Crippen LogP contribution in [-0.4, -0.2) is 112 Å². The van der Waals surface area contributed by atoms with Crippen molar-refractivity contribution in [2.45, 2.75) is 64.1 Å². The van der Waals surface area contributed by atoms with Gasteiger partial charge in [0.25, 0.3) is 0 Å². The van der Waals surface area contributed by atoms with Crippen molar-refractivity contribution in [3.8, 4) is 0 Å². The van der Waals surface area contributed by atoms with Gasteiger partial charge in [-0.1, -0.05) is 18.2 Å². The minimum atomic E-state index is -1.11. The van der Waals surface area contributed by atoms with Gasteiger partial charge in [-0.3, -0.25) is 14.4 Å². The molecule has 1 N–H and O–H groups in total. The number of rotatable bonds is 8. The Bertz CT molecular complexity index is 1020. The number of ether oxygens (including phenoxy) is 3. The second-order valence-corrected chi connectivity index (χ2v) is 10.4. The van der Waals surface area contributed by atoms with Crippen molar-refractivity contribution < 1.29 is 33.4 Å². The maximum atomic E-state index is 13.6. The fourth-order valence-electron chi connectivity index (χ4n) is 5.99. The molecular weight excluding hydrogens is 504 g/mol. The van der Waals surface area contributed by atoms with Gasteiger partial charge in [0.2, 0.25) is 5.91 Å². The fraction of sp³-hybridized carbons (Fsp3) is 0.630. The molecule has 2 fully saturated rings. The number of esters is 3. The van der Waals surface area contributed by atoms with Gasteiger partial charge in [0.1, 0.15) is 16.6 Å². The maximum Gasteiger partial charge on any atom is 2.00 e. The predicted octanol–water partition coefficient (Wildman–Crippen LogP) is 2.08. The third kappa shape index (κ3) is 6.15. The number of carbonyl (C=O) groups is 4. The van der Waals surface area contributed by atoms with Gasteiger partial charge in [0, 0.05) is 37.1 Å². The van der Waals surface area contributed by atoms with Crippen LogP contribution in [0.3, 0.4) is 0 Å². The van der Waals surface area contributed by atoms with Gasteiger partial charge in [-0.2, -0.15) is 0 Å². The van der Waals surface area contributed by atoms with Gasteiger partial charge >= 0.3 is 55.6 Å². The van der Waals surface area contributed by atoms with E-state index in [4.69, 9.17) is 14.2 Å².